The van der Waals surface area contributed by atoms with Crippen LogP contribution in [0.1, 0.15) is 24.5 Å². The third-order valence-electron chi connectivity index (χ3n) is 1.07. The van der Waals surface area contributed by atoms with E-state index in [0.29, 0.717) is 0 Å². The van der Waals surface area contributed by atoms with E-state index in [1.807, 2.05) is 6.92 Å². The predicted molar refractivity (Wildman–Crippen MR) is 46.2 cm³/mol. The van der Waals surface area contributed by atoms with Gasteiger partial charge in [0.15, 0.2) is 0 Å². The largest absolute Gasteiger partial charge is 0.242 e. The van der Waals surface area contributed by atoms with Crippen molar-refractivity contribution in [1.82, 2.24) is 4.98 Å². The topological polar surface area (TPSA) is 12.9 Å². The maximum Gasteiger partial charge on any atom is 0.0901 e. The molecule has 10 heavy (non-hydrogen) atoms. The fraction of sp³-hybridized carbons (Fsp3) is 0.375. The Balaban J connectivity index is 2.86. The summed E-state index contributed by atoms with van der Waals surface area (Å²) in [6, 6.07) is 0. The van der Waals surface area contributed by atoms with E-state index in [1.165, 1.54) is 5.57 Å². The van der Waals surface area contributed by atoms with E-state index in [-0.39, 0.29) is 0 Å². The molecule has 0 aliphatic heterocycles. The van der Waals surface area contributed by atoms with Gasteiger partial charge in [0.1, 0.15) is 0 Å². The van der Waals surface area contributed by atoms with Crippen LogP contribution in [0.25, 0.3) is 6.08 Å². The van der Waals surface area contributed by atoms with Gasteiger partial charge in [-0.2, -0.15) is 0 Å². The zero-order chi connectivity index (χ0) is 7.56. The van der Waals surface area contributed by atoms with Crippen molar-refractivity contribution in [3.63, 3.8) is 0 Å². The van der Waals surface area contributed by atoms with Gasteiger partial charge in [-0.15, -0.1) is 11.3 Å². The van der Waals surface area contributed by atoms with Crippen LogP contribution in [0.2, 0.25) is 0 Å². The van der Waals surface area contributed by atoms with E-state index in [4.69, 9.17) is 0 Å². The quantitative estimate of drug-likeness (QED) is 0.604. The molecule has 0 aromatic carbocycles. The van der Waals surface area contributed by atoms with Crippen LogP contribution in [0.3, 0.4) is 0 Å². The molecule has 1 aromatic rings. The van der Waals surface area contributed by atoms with Gasteiger partial charge < -0.3 is 0 Å². The summed E-state index contributed by atoms with van der Waals surface area (Å²) in [5, 5.41) is 3.20. The van der Waals surface area contributed by atoms with E-state index in [2.05, 4.69) is 30.3 Å². The molecule has 0 atom stereocenters. The van der Waals surface area contributed by atoms with Crippen LogP contribution in [0.5, 0.6) is 0 Å². The lowest BCUT2D eigenvalue weighted by atomic mass is 10.3. The first kappa shape index (κ1) is 7.48. The van der Waals surface area contributed by atoms with Crippen LogP contribution >= 0.6 is 11.3 Å². The van der Waals surface area contributed by atoms with Crippen molar-refractivity contribution < 1.29 is 0 Å². The SMILES string of the molecule is CC(C)=Cc1csc(C)n1. The molecule has 0 spiro atoms. The molecule has 0 aliphatic carbocycles. The maximum atomic E-state index is 4.29. The molecule has 2 heteroatoms. The van der Waals surface area contributed by atoms with Crippen LogP contribution in [0.15, 0.2) is 11.0 Å². The first-order valence-electron chi connectivity index (χ1n) is 3.25. The van der Waals surface area contributed by atoms with Crippen molar-refractivity contribution >= 4 is 17.4 Å². The van der Waals surface area contributed by atoms with Crippen molar-refractivity contribution in [2.45, 2.75) is 20.8 Å². The summed E-state index contributed by atoms with van der Waals surface area (Å²) >= 11 is 1.69. The second kappa shape index (κ2) is 2.97. The minimum Gasteiger partial charge on any atom is -0.242 e. The number of aromatic nitrogens is 1. The minimum atomic E-state index is 1.09. The Morgan fingerprint density at radius 2 is 2.30 bits per heavy atom. The van der Waals surface area contributed by atoms with E-state index >= 15 is 0 Å². The number of nitrogens with zero attached hydrogens (tertiary/aromatic N) is 1. The maximum absolute atomic E-state index is 4.29. The summed E-state index contributed by atoms with van der Waals surface area (Å²) in [6.45, 7) is 6.18. The smallest absolute Gasteiger partial charge is 0.0901 e. The number of allylic oxidation sites excluding steroid dienone is 1. The fourth-order valence-corrected chi connectivity index (χ4v) is 1.31. The Morgan fingerprint density at radius 1 is 1.60 bits per heavy atom. The highest BCUT2D eigenvalue weighted by molar-refractivity contribution is 7.09. The molecule has 0 amide bonds. The lowest BCUT2D eigenvalue weighted by Gasteiger charge is -1.84. The van der Waals surface area contributed by atoms with Gasteiger partial charge in [-0.05, 0) is 26.8 Å². The standard InChI is InChI=1S/C8H11NS/c1-6(2)4-8-5-10-7(3)9-8/h4-5H,1-3H3. The molecule has 1 rings (SSSR count). The molecule has 54 valence electrons. The monoisotopic (exact) mass is 153 g/mol. The molecule has 0 N–H and O–H groups in total. The molecule has 0 radical (unpaired) electrons. The zero-order valence-electron chi connectivity index (χ0n) is 6.51. The Morgan fingerprint density at radius 3 is 2.70 bits per heavy atom. The van der Waals surface area contributed by atoms with Gasteiger partial charge in [-0.3, -0.25) is 0 Å². The Labute approximate surface area is 65.4 Å². The van der Waals surface area contributed by atoms with Gasteiger partial charge in [0.2, 0.25) is 0 Å². The predicted octanol–water partition coefficient (Wildman–Crippen LogP) is 2.87. The average Bonchev–Trinajstić information content (AvgIpc) is 2.13. The summed E-state index contributed by atoms with van der Waals surface area (Å²) in [7, 11) is 0. The molecule has 1 heterocycles. The van der Waals surface area contributed by atoms with Crippen LogP contribution in [0.4, 0.5) is 0 Å². The lowest BCUT2D eigenvalue weighted by Crippen LogP contribution is -1.72. The number of rotatable bonds is 1. The summed E-state index contributed by atoms with van der Waals surface area (Å²) in [4.78, 5) is 4.29. The zero-order valence-corrected chi connectivity index (χ0v) is 7.33. The molecular formula is C8H11NS. The Bertz CT molecular complexity index is 244. The molecule has 0 bridgehead atoms. The van der Waals surface area contributed by atoms with Crippen molar-refractivity contribution in [2.24, 2.45) is 0 Å². The Hall–Kier alpha value is -0.630. The number of hydrogen-bond acceptors (Lipinski definition) is 2. The number of thiazole rings is 1. The summed E-state index contributed by atoms with van der Waals surface area (Å²) < 4.78 is 0. The van der Waals surface area contributed by atoms with Crippen molar-refractivity contribution in [1.29, 1.82) is 0 Å². The molecule has 0 saturated heterocycles. The third kappa shape index (κ3) is 1.95. The minimum absolute atomic E-state index is 1.09. The number of hydrogen-bond donors (Lipinski definition) is 0. The highest BCUT2D eigenvalue weighted by Gasteiger charge is 1.91. The van der Waals surface area contributed by atoms with E-state index in [0.717, 1.165) is 10.7 Å². The van der Waals surface area contributed by atoms with Crippen molar-refractivity contribution in [3.05, 3.63) is 21.7 Å². The molecule has 1 nitrogen and oxygen atoms in total. The van der Waals surface area contributed by atoms with Crippen LogP contribution in [-0.2, 0) is 0 Å². The van der Waals surface area contributed by atoms with Gasteiger partial charge in [0.05, 0.1) is 10.7 Å². The van der Waals surface area contributed by atoms with Crippen molar-refractivity contribution in [2.75, 3.05) is 0 Å². The lowest BCUT2D eigenvalue weighted by molar-refractivity contribution is 1.26. The van der Waals surface area contributed by atoms with Gasteiger partial charge in [0, 0.05) is 5.38 Å². The third-order valence-corrected chi connectivity index (χ3v) is 1.87. The molecular weight excluding hydrogens is 142 g/mol. The van der Waals surface area contributed by atoms with Gasteiger partial charge in [-0.25, -0.2) is 4.98 Å². The highest BCUT2D eigenvalue weighted by Crippen LogP contribution is 2.10. The normalized spacial score (nSPS) is 9.50. The molecule has 1 aromatic heterocycles. The van der Waals surface area contributed by atoms with Gasteiger partial charge in [0.25, 0.3) is 0 Å². The van der Waals surface area contributed by atoms with E-state index < -0.39 is 0 Å². The summed E-state index contributed by atoms with van der Waals surface area (Å²) in [5.41, 5.74) is 2.38. The van der Waals surface area contributed by atoms with Crippen molar-refractivity contribution in [3.8, 4) is 0 Å². The van der Waals surface area contributed by atoms with Gasteiger partial charge in [-0.1, -0.05) is 5.57 Å². The molecule has 0 unspecified atom stereocenters. The van der Waals surface area contributed by atoms with E-state index in [9.17, 15) is 0 Å². The first-order valence-corrected chi connectivity index (χ1v) is 4.13. The van der Waals surface area contributed by atoms with E-state index in [1.54, 1.807) is 11.3 Å². The highest BCUT2D eigenvalue weighted by atomic mass is 32.1. The van der Waals surface area contributed by atoms with Crippen LogP contribution in [-0.4, -0.2) is 4.98 Å². The summed E-state index contributed by atoms with van der Waals surface area (Å²) in [5.74, 6) is 0. The van der Waals surface area contributed by atoms with Crippen LogP contribution < -0.4 is 0 Å². The second-order valence-corrected chi connectivity index (χ2v) is 3.58. The molecule has 0 aliphatic rings. The second-order valence-electron chi connectivity index (χ2n) is 2.51. The number of aryl methyl sites for hydroxylation is 1. The Kier molecular flexibility index (Phi) is 2.22. The molecule has 0 fully saturated rings. The van der Waals surface area contributed by atoms with Crippen LogP contribution in [0, 0.1) is 6.92 Å². The van der Waals surface area contributed by atoms with Gasteiger partial charge >= 0.3 is 0 Å². The average molecular weight is 153 g/mol. The first-order chi connectivity index (χ1) is 4.68. The summed E-state index contributed by atoms with van der Waals surface area (Å²) in [6.07, 6.45) is 2.09. The molecule has 0 saturated carbocycles. The fourth-order valence-electron chi connectivity index (χ4n) is 0.742.